The van der Waals surface area contributed by atoms with E-state index in [0.717, 1.165) is 0 Å². The van der Waals surface area contributed by atoms with Gasteiger partial charge in [0, 0.05) is 19.3 Å². The number of rotatable bonds is 6. The van der Waals surface area contributed by atoms with E-state index in [-0.39, 0.29) is 18.3 Å². The van der Waals surface area contributed by atoms with Crippen molar-refractivity contribution in [3.63, 3.8) is 0 Å². The number of nitrogens with two attached hydrogens (primary N) is 1. The van der Waals surface area contributed by atoms with Gasteiger partial charge in [0.05, 0.1) is 6.33 Å². The Morgan fingerprint density at radius 3 is 2.90 bits per heavy atom. The molecule has 0 aliphatic rings. The van der Waals surface area contributed by atoms with Crippen LogP contribution in [-0.4, -0.2) is 39.0 Å². The molecule has 0 saturated heterocycles. The number of alkyl halides is 3. The normalized spacial score (nSPS) is 12.0. The first-order chi connectivity index (χ1) is 9.48. The van der Waals surface area contributed by atoms with Crippen molar-refractivity contribution in [2.45, 2.75) is 19.3 Å². The Labute approximate surface area is 111 Å². The van der Waals surface area contributed by atoms with Gasteiger partial charge in [-0.05, 0) is 0 Å². The van der Waals surface area contributed by atoms with Gasteiger partial charge in [0.1, 0.15) is 18.9 Å². The Balaban J connectivity index is 1.94. The van der Waals surface area contributed by atoms with Crippen molar-refractivity contribution >= 4 is 0 Å². The SMILES string of the molecule is NCCn1cnc(-c2nc(COCC(F)(F)F)no2)c1. The van der Waals surface area contributed by atoms with E-state index in [9.17, 15) is 13.2 Å². The second kappa shape index (κ2) is 6.01. The number of imidazole rings is 1. The summed E-state index contributed by atoms with van der Waals surface area (Å²) in [5, 5.41) is 3.51. The van der Waals surface area contributed by atoms with Crippen LogP contribution < -0.4 is 5.73 Å². The van der Waals surface area contributed by atoms with Crippen LogP contribution in [0.25, 0.3) is 11.6 Å². The number of aromatic nitrogens is 4. The zero-order valence-electron chi connectivity index (χ0n) is 10.3. The summed E-state index contributed by atoms with van der Waals surface area (Å²) in [7, 11) is 0. The predicted molar refractivity (Wildman–Crippen MR) is 60.3 cm³/mol. The molecule has 2 N–H and O–H groups in total. The van der Waals surface area contributed by atoms with Crippen LogP contribution in [0.1, 0.15) is 5.82 Å². The molecule has 2 aromatic heterocycles. The largest absolute Gasteiger partial charge is 0.411 e. The molecule has 2 heterocycles. The van der Waals surface area contributed by atoms with E-state index in [0.29, 0.717) is 18.8 Å². The monoisotopic (exact) mass is 291 g/mol. The zero-order chi connectivity index (χ0) is 14.6. The topological polar surface area (TPSA) is 92.0 Å². The van der Waals surface area contributed by atoms with Crippen LogP contribution in [0, 0.1) is 0 Å². The molecular formula is C10H12F3N5O2. The van der Waals surface area contributed by atoms with Crippen LogP contribution in [0.15, 0.2) is 17.0 Å². The number of hydrogen-bond acceptors (Lipinski definition) is 6. The molecule has 0 saturated carbocycles. The molecule has 0 aliphatic heterocycles. The second-order valence-corrected chi connectivity index (χ2v) is 3.91. The summed E-state index contributed by atoms with van der Waals surface area (Å²) >= 11 is 0. The summed E-state index contributed by atoms with van der Waals surface area (Å²) in [4.78, 5) is 7.92. The van der Waals surface area contributed by atoms with E-state index in [1.54, 1.807) is 17.1 Å². The average Bonchev–Trinajstić information content (AvgIpc) is 2.96. The molecule has 0 unspecified atom stereocenters. The fraction of sp³-hybridized carbons (Fsp3) is 0.500. The van der Waals surface area contributed by atoms with Gasteiger partial charge in [0.25, 0.3) is 5.89 Å². The minimum Gasteiger partial charge on any atom is -0.364 e. The molecule has 0 aliphatic carbocycles. The van der Waals surface area contributed by atoms with Crippen LogP contribution in [0.4, 0.5) is 13.2 Å². The van der Waals surface area contributed by atoms with Gasteiger partial charge < -0.3 is 19.6 Å². The smallest absolute Gasteiger partial charge is 0.364 e. The maximum Gasteiger partial charge on any atom is 0.411 e. The summed E-state index contributed by atoms with van der Waals surface area (Å²) in [6.07, 6.45) is -1.18. The van der Waals surface area contributed by atoms with Gasteiger partial charge >= 0.3 is 6.18 Å². The van der Waals surface area contributed by atoms with Gasteiger partial charge in [0.15, 0.2) is 5.82 Å². The van der Waals surface area contributed by atoms with Gasteiger partial charge in [-0.25, -0.2) is 4.98 Å². The van der Waals surface area contributed by atoms with E-state index in [2.05, 4.69) is 19.9 Å². The first-order valence-corrected chi connectivity index (χ1v) is 5.67. The van der Waals surface area contributed by atoms with Crippen LogP contribution in [0.5, 0.6) is 0 Å². The molecule has 0 radical (unpaired) electrons. The lowest BCUT2D eigenvalue weighted by Crippen LogP contribution is -2.16. The molecule has 0 fully saturated rings. The van der Waals surface area contributed by atoms with E-state index in [1.165, 1.54) is 0 Å². The third kappa shape index (κ3) is 4.03. The highest BCUT2D eigenvalue weighted by molar-refractivity contribution is 5.44. The van der Waals surface area contributed by atoms with Gasteiger partial charge in [-0.2, -0.15) is 18.2 Å². The van der Waals surface area contributed by atoms with Crippen LogP contribution >= 0.6 is 0 Å². The standard InChI is InChI=1S/C10H12F3N5O2/c11-10(12,13)5-19-4-8-16-9(20-17-8)7-3-18(2-1-14)6-15-7/h3,6H,1-2,4-5,14H2. The average molecular weight is 291 g/mol. The van der Waals surface area contributed by atoms with E-state index in [1.807, 2.05) is 0 Å². The number of hydrogen-bond donors (Lipinski definition) is 1. The third-order valence-electron chi connectivity index (χ3n) is 2.20. The molecule has 2 rings (SSSR count). The maximum absolute atomic E-state index is 11.9. The maximum atomic E-state index is 11.9. The lowest BCUT2D eigenvalue weighted by atomic mass is 10.5. The van der Waals surface area contributed by atoms with Crippen molar-refractivity contribution in [3.05, 3.63) is 18.3 Å². The van der Waals surface area contributed by atoms with Gasteiger partial charge in [-0.3, -0.25) is 0 Å². The Morgan fingerprint density at radius 2 is 2.20 bits per heavy atom. The van der Waals surface area contributed by atoms with Crippen molar-refractivity contribution in [1.29, 1.82) is 0 Å². The highest BCUT2D eigenvalue weighted by Crippen LogP contribution is 2.17. The van der Waals surface area contributed by atoms with Gasteiger partial charge in [-0.15, -0.1) is 0 Å². The molecule has 7 nitrogen and oxygen atoms in total. The Bertz CT molecular complexity index is 551. The van der Waals surface area contributed by atoms with E-state index >= 15 is 0 Å². The van der Waals surface area contributed by atoms with Crippen LogP contribution in [0.3, 0.4) is 0 Å². The molecule has 0 spiro atoms. The van der Waals surface area contributed by atoms with Crippen LogP contribution in [-0.2, 0) is 17.9 Å². The highest BCUT2D eigenvalue weighted by Gasteiger charge is 2.27. The van der Waals surface area contributed by atoms with E-state index in [4.69, 9.17) is 10.3 Å². The third-order valence-corrected chi connectivity index (χ3v) is 2.20. The van der Waals surface area contributed by atoms with E-state index < -0.39 is 12.8 Å². The molecule has 0 aromatic carbocycles. The first-order valence-electron chi connectivity index (χ1n) is 5.67. The first kappa shape index (κ1) is 14.5. The molecule has 110 valence electrons. The molecule has 10 heteroatoms. The van der Waals surface area contributed by atoms with Crippen molar-refractivity contribution < 1.29 is 22.4 Å². The van der Waals surface area contributed by atoms with Crippen molar-refractivity contribution in [2.75, 3.05) is 13.2 Å². The highest BCUT2D eigenvalue weighted by atomic mass is 19.4. The zero-order valence-corrected chi connectivity index (χ0v) is 10.3. The Hall–Kier alpha value is -1.94. The molecule has 2 aromatic rings. The quantitative estimate of drug-likeness (QED) is 0.852. The van der Waals surface area contributed by atoms with Crippen LogP contribution in [0.2, 0.25) is 0 Å². The lowest BCUT2D eigenvalue weighted by molar-refractivity contribution is -0.177. The molecule has 0 amide bonds. The summed E-state index contributed by atoms with van der Waals surface area (Å²) < 4.78 is 46.7. The fourth-order valence-corrected chi connectivity index (χ4v) is 1.42. The van der Waals surface area contributed by atoms with Crippen molar-refractivity contribution in [1.82, 2.24) is 19.7 Å². The molecular weight excluding hydrogens is 279 g/mol. The number of halogens is 3. The Morgan fingerprint density at radius 1 is 1.40 bits per heavy atom. The van der Waals surface area contributed by atoms with Crippen molar-refractivity contribution in [2.24, 2.45) is 5.73 Å². The minimum atomic E-state index is -4.38. The second-order valence-electron chi connectivity index (χ2n) is 3.91. The molecule has 0 bridgehead atoms. The summed E-state index contributed by atoms with van der Waals surface area (Å²) in [5.41, 5.74) is 5.82. The minimum absolute atomic E-state index is 0.0256. The van der Waals surface area contributed by atoms with Gasteiger partial charge in [-0.1, -0.05) is 5.16 Å². The summed E-state index contributed by atoms with van der Waals surface area (Å²) in [5.74, 6) is 0.143. The van der Waals surface area contributed by atoms with Gasteiger partial charge in [0.2, 0.25) is 0 Å². The molecule has 0 atom stereocenters. The summed E-state index contributed by atoms with van der Waals surface area (Å²) in [6.45, 7) is -0.701. The summed E-state index contributed by atoms with van der Waals surface area (Å²) in [6, 6.07) is 0. The lowest BCUT2D eigenvalue weighted by Gasteiger charge is -2.04. The van der Waals surface area contributed by atoms with Crippen molar-refractivity contribution in [3.8, 4) is 11.6 Å². The predicted octanol–water partition coefficient (Wildman–Crippen LogP) is 0.971. The fourth-order valence-electron chi connectivity index (χ4n) is 1.42. The molecule has 20 heavy (non-hydrogen) atoms. The Kier molecular flexibility index (Phi) is 4.35. The number of ether oxygens (including phenoxy) is 1. The number of nitrogens with zero attached hydrogens (tertiary/aromatic N) is 4.